The van der Waals surface area contributed by atoms with Crippen molar-refractivity contribution >= 4 is 8.32 Å². The molecule has 0 fully saturated rings. The minimum absolute atomic E-state index is 0.158. The number of rotatable bonds is 8. The van der Waals surface area contributed by atoms with Crippen molar-refractivity contribution in [2.45, 2.75) is 51.7 Å². The van der Waals surface area contributed by atoms with Gasteiger partial charge in [0.05, 0.1) is 13.2 Å². The Kier molecular flexibility index (Phi) is 7.61. The van der Waals surface area contributed by atoms with Crippen molar-refractivity contribution < 1.29 is 9.53 Å². The minimum atomic E-state index is -1.43. The van der Waals surface area contributed by atoms with E-state index in [0.717, 1.165) is 0 Å². The lowest BCUT2D eigenvalue weighted by Gasteiger charge is -2.22. The first-order valence-corrected chi connectivity index (χ1v) is 8.49. The molecule has 0 heterocycles. The van der Waals surface area contributed by atoms with Gasteiger partial charge in [-0.2, -0.15) is 0 Å². The van der Waals surface area contributed by atoms with Crippen LogP contribution in [0.5, 0.6) is 0 Å². The molecule has 0 aromatic carbocycles. The van der Waals surface area contributed by atoms with Crippen LogP contribution in [0, 0.1) is 0 Å². The zero-order chi connectivity index (χ0) is 10.2. The predicted octanol–water partition coefficient (Wildman–Crippen LogP) is 2.78. The van der Waals surface area contributed by atoms with Crippen LogP contribution in [-0.2, 0) is 4.43 Å². The Balaban J connectivity index is 3.39. The van der Waals surface area contributed by atoms with Crippen LogP contribution in [0.1, 0.15) is 32.6 Å². The predicted molar refractivity (Wildman–Crippen MR) is 59.5 cm³/mol. The summed E-state index contributed by atoms with van der Waals surface area (Å²) in [4.78, 5) is 0. The summed E-state index contributed by atoms with van der Waals surface area (Å²) in [6.07, 6.45) is 5.25. The topological polar surface area (TPSA) is 29.5 Å². The molecule has 0 aliphatic carbocycles. The second-order valence-electron chi connectivity index (χ2n) is 4.14. The molecule has 0 rings (SSSR count). The van der Waals surface area contributed by atoms with Crippen LogP contribution in [0.2, 0.25) is 19.1 Å². The highest BCUT2D eigenvalue weighted by Gasteiger charge is 2.20. The number of hydrogen-bond donors (Lipinski definition) is 1. The van der Waals surface area contributed by atoms with Gasteiger partial charge >= 0.3 is 0 Å². The quantitative estimate of drug-likeness (QED) is 0.486. The molecule has 0 aromatic rings. The van der Waals surface area contributed by atoms with Crippen molar-refractivity contribution in [1.29, 1.82) is 0 Å². The molecule has 0 bridgehead atoms. The second kappa shape index (κ2) is 7.53. The standard InChI is InChI=1S/C10H24O2Si/c1-4-5-6-7-10-13(2,3)12-9-8-11/h11H,4-10H2,1-3H3. The van der Waals surface area contributed by atoms with Gasteiger partial charge in [-0.15, -0.1) is 0 Å². The second-order valence-corrected chi connectivity index (χ2v) is 8.45. The summed E-state index contributed by atoms with van der Waals surface area (Å²) in [5, 5.41) is 8.64. The lowest BCUT2D eigenvalue weighted by molar-refractivity contribution is 0.195. The van der Waals surface area contributed by atoms with Crippen LogP contribution < -0.4 is 0 Å². The van der Waals surface area contributed by atoms with E-state index in [-0.39, 0.29) is 6.61 Å². The van der Waals surface area contributed by atoms with E-state index < -0.39 is 8.32 Å². The van der Waals surface area contributed by atoms with Crippen LogP contribution in [0.3, 0.4) is 0 Å². The Morgan fingerprint density at radius 3 is 2.38 bits per heavy atom. The Bertz CT molecular complexity index is 115. The Hall–Kier alpha value is 0.137. The first kappa shape index (κ1) is 13.1. The van der Waals surface area contributed by atoms with E-state index in [9.17, 15) is 0 Å². The maximum Gasteiger partial charge on any atom is 0.186 e. The fourth-order valence-electron chi connectivity index (χ4n) is 1.37. The highest BCUT2D eigenvalue weighted by molar-refractivity contribution is 6.71. The molecular weight excluding hydrogens is 180 g/mol. The van der Waals surface area contributed by atoms with Crippen LogP contribution >= 0.6 is 0 Å². The van der Waals surface area contributed by atoms with Crippen molar-refractivity contribution in [3.63, 3.8) is 0 Å². The van der Waals surface area contributed by atoms with Gasteiger partial charge in [-0.3, -0.25) is 0 Å². The van der Waals surface area contributed by atoms with Gasteiger partial charge in [-0.05, 0) is 19.1 Å². The number of unbranched alkanes of at least 4 members (excludes halogenated alkanes) is 3. The van der Waals surface area contributed by atoms with Gasteiger partial charge in [-0.1, -0.05) is 32.6 Å². The Morgan fingerprint density at radius 2 is 1.85 bits per heavy atom. The lowest BCUT2D eigenvalue weighted by Crippen LogP contribution is -2.31. The third kappa shape index (κ3) is 8.47. The minimum Gasteiger partial charge on any atom is -0.415 e. The van der Waals surface area contributed by atoms with Crippen LogP contribution in [0.15, 0.2) is 0 Å². The molecule has 0 aliphatic rings. The summed E-state index contributed by atoms with van der Waals surface area (Å²) in [7, 11) is -1.43. The average Bonchev–Trinajstić information content (AvgIpc) is 2.09. The van der Waals surface area contributed by atoms with Gasteiger partial charge in [0.25, 0.3) is 0 Å². The maximum atomic E-state index is 8.64. The molecule has 80 valence electrons. The summed E-state index contributed by atoms with van der Waals surface area (Å²) >= 11 is 0. The smallest absolute Gasteiger partial charge is 0.186 e. The first-order valence-electron chi connectivity index (χ1n) is 5.37. The third-order valence-electron chi connectivity index (χ3n) is 2.22. The molecular formula is C10H24O2Si. The van der Waals surface area contributed by atoms with Gasteiger partial charge in [0.2, 0.25) is 0 Å². The molecule has 0 aromatic heterocycles. The Morgan fingerprint density at radius 1 is 1.15 bits per heavy atom. The Labute approximate surface area is 83.4 Å². The van der Waals surface area contributed by atoms with Crippen LogP contribution in [0.25, 0.3) is 0 Å². The molecule has 0 saturated heterocycles. The fraction of sp³-hybridized carbons (Fsp3) is 1.00. The van der Waals surface area contributed by atoms with E-state index in [1.165, 1.54) is 31.7 Å². The summed E-state index contributed by atoms with van der Waals surface area (Å²) in [5.74, 6) is 0. The average molecular weight is 204 g/mol. The molecule has 13 heavy (non-hydrogen) atoms. The maximum absolute atomic E-state index is 8.64. The molecule has 1 N–H and O–H groups in total. The molecule has 0 spiro atoms. The molecule has 0 amide bonds. The zero-order valence-electron chi connectivity index (χ0n) is 9.31. The van der Waals surface area contributed by atoms with E-state index in [0.29, 0.717) is 6.61 Å². The number of aliphatic hydroxyl groups is 1. The summed E-state index contributed by atoms with van der Waals surface area (Å²) in [5.41, 5.74) is 0. The molecule has 3 heteroatoms. The molecule has 2 nitrogen and oxygen atoms in total. The molecule has 0 radical (unpaired) electrons. The van der Waals surface area contributed by atoms with Crippen LogP contribution in [0.4, 0.5) is 0 Å². The van der Waals surface area contributed by atoms with E-state index in [1.54, 1.807) is 0 Å². The van der Waals surface area contributed by atoms with Gasteiger partial charge in [0.1, 0.15) is 0 Å². The first-order chi connectivity index (χ1) is 6.12. The molecule has 0 aliphatic heterocycles. The van der Waals surface area contributed by atoms with Crippen molar-refractivity contribution in [3.05, 3.63) is 0 Å². The van der Waals surface area contributed by atoms with E-state index >= 15 is 0 Å². The van der Waals surface area contributed by atoms with Gasteiger partial charge in [0, 0.05) is 0 Å². The number of hydrogen-bond acceptors (Lipinski definition) is 2. The highest BCUT2D eigenvalue weighted by atomic mass is 28.4. The normalized spacial score (nSPS) is 12.0. The molecule has 0 unspecified atom stereocenters. The fourth-order valence-corrected chi connectivity index (χ4v) is 3.26. The molecule has 0 atom stereocenters. The molecule has 0 saturated carbocycles. The lowest BCUT2D eigenvalue weighted by atomic mass is 10.2. The summed E-state index contributed by atoms with van der Waals surface area (Å²) in [6.45, 7) is 7.37. The van der Waals surface area contributed by atoms with Gasteiger partial charge in [-0.25, -0.2) is 0 Å². The highest BCUT2D eigenvalue weighted by Crippen LogP contribution is 2.16. The third-order valence-corrected chi connectivity index (χ3v) is 4.76. The monoisotopic (exact) mass is 204 g/mol. The van der Waals surface area contributed by atoms with Crippen molar-refractivity contribution in [3.8, 4) is 0 Å². The largest absolute Gasteiger partial charge is 0.415 e. The summed E-state index contributed by atoms with van der Waals surface area (Å²) in [6, 6.07) is 1.23. The SMILES string of the molecule is CCCCCC[Si](C)(C)OCCO. The number of aliphatic hydroxyl groups excluding tert-OH is 1. The van der Waals surface area contributed by atoms with Gasteiger partial charge in [0.15, 0.2) is 8.32 Å². The van der Waals surface area contributed by atoms with Crippen molar-refractivity contribution in [1.82, 2.24) is 0 Å². The zero-order valence-corrected chi connectivity index (χ0v) is 10.3. The summed E-state index contributed by atoms with van der Waals surface area (Å²) < 4.78 is 5.65. The van der Waals surface area contributed by atoms with Gasteiger partial charge < -0.3 is 9.53 Å². The van der Waals surface area contributed by atoms with E-state index in [1.807, 2.05) is 0 Å². The van der Waals surface area contributed by atoms with Crippen molar-refractivity contribution in [2.24, 2.45) is 0 Å². The van der Waals surface area contributed by atoms with Crippen molar-refractivity contribution in [2.75, 3.05) is 13.2 Å². The van der Waals surface area contributed by atoms with E-state index in [2.05, 4.69) is 20.0 Å². The van der Waals surface area contributed by atoms with Crippen LogP contribution in [-0.4, -0.2) is 26.6 Å². The van der Waals surface area contributed by atoms with E-state index in [4.69, 9.17) is 9.53 Å².